The van der Waals surface area contributed by atoms with Gasteiger partial charge in [-0.3, -0.25) is 9.78 Å². The van der Waals surface area contributed by atoms with E-state index in [1.807, 2.05) is 31.1 Å². The molecular weight excluding hydrogens is 388 g/mol. The Morgan fingerprint density at radius 3 is 2.28 bits per heavy atom. The minimum Gasteiger partial charge on any atom is -0.333 e. The van der Waals surface area contributed by atoms with Crippen molar-refractivity contribution < 1.29 is 13.2 Å². The minimum atomic E-state index is -3.46. The summed E-state index contributed by atoms with van der Waals surface area (Å²) in [5, 5.41) is 0. The molecule has 0 fully saturated rings. The molecule has 0 N–H and O–H groups in total. The number of amides is 1. The SMILES string of the molecule is CN(C)CCN(Cc1cccnc1)C(=O)C=Cc1ccc(S(=O)(=O)N(C)C)cc1. The van der Waals surface area contributed by atoms with E-state index in [4.69, 9.17) is 0 Å². The lowest BCUT2D eigenvalue weighted by Gasteiger charge is -2.23. The number of hydrogen-bond donors (Lipinski definition) is 0. The lowest BCUT2D eigenvalue weighted by Crippen LogP contribution is -2.35. The van der Waals surface area contributed by atoms with Gasteiger partial charge in [0.15, 0.2) is 0 Å². The normalized spacial score (nSPS) is 12.1. The van der Waals surface area contributed by atoms with Crippen LogP contribution in [-0.4, -0.2) is 74.7 Å². The van der Waals surface area contributed by atoms with E-state index >= 15 is 0 Å². The van der Waals surface area contributed by atoms with Gasteiger partial charge >= 0.3 is 0 Å². The van der Waals surface area contributed by atoms with E-state index in [9.17, 15) is 13.2 Å². The number of benzene rings is 1. The first-order valence-electron chi connectivity index (χ1n) is 9.23. The fraction of sp³-hybridized carbons (Fsp3) is 0.333. The van der Waals surface area contributed by atoms with Crippen LogP contribution in [0.1, 0.15) is 11.1 Å². The van der Waals surface area contributed by atoms with Crippen LogP contribution in [0.2, 0.25) is 0 Å². The fourth-order valence-electron chi connectivity index (χ4n) is 2.53. The quantitative estimate of drug-likeness (QED) is 0.584. The summed E-state index contributed by atoms with van der Waals surface area (Å²) in [5.41, 5.74) is 1.72. The molecule has 156 valence electrons. The molecule has 0 radical (unpaired) electrons. The highest BCUT2D eigenvalue weighted by atomic mass is 32.2. The van der Waals surface area contributed by atoms with Gasteiger partial charge < -0.3 is 9.80 Å². The van der Waals surface area contributed by atoms with E-state index in [-0.39, 0.29) is 10.8 Å². The highest BCUT2D eigenvalue weighted by molar-refractivity contribution is 7.89. The summed E-state index contributed by atoms with van der Waals surface area (Å²) in [6.07, 6.45) is 6.67. The Bertz CT molecular complexity index is 924. The third kappa shape index (κ3) is 6.77. The molecule has 0 bridgehead atoms. The van der Waals surface area contributed by atoms with Crippen molar-refractivity contribution in [3.8, 4) is 0 Å². The number of rotatable bonds is 9. The minimum absolute atomic E-state index is 0.110. The zero-order valence-corrected chi connectivity index (χ0v) is 18.1. The number of nitrogens with zero attached hydrogens (tertiary/aromatic N) is 4. The van der Waals surface area contributed by atoms with Gasteiger partial charge in [-0.25, -0.2) is 12.7 Å². The maximum absolute atomic E-state index is 12.7. The lowest BCUT2D eigenvalue weighted by molar-refractivity contribution is -0.126. The van der Waals surface area contributed by atoms with Crippen molar-refractivity contribution in [2.24, 2.45) is 0 Å². The van der Waals surface area contributed by atoms with E-state index in [0.717, 1.165) is 17.7 Å². The van der Waals surface area contributed by atoms with Crippen LogP contribution in [0.15, 0.2) is 59.8 Å². The number of likely N-dealkylation sites (N-methyl/N-ethyl adjacent to an activating group) is 1. The zero-order valence-electron chi connectivity index (χ0n) is 17.3. The summed E-state index contributed by atoms with van der Waals surface area (Å²) in [5.74, 6) is -0.110. The standard InChI is InChI=1S/C21H28N4O3S/c1-23(2)14-15-25(17-19-6-5-13-22-16-19)21(26)12-9-18-7-10-20(11-8-18)29(27,28)24(3)4/h5-13,16H,14-15,17H2,1-4H3. The number of carbonyl (C=O) groups excluding carboxylic acids is 1. The molecule has 0 atom stereocenters. The molecule has 2 rings (SSSR count). The predicted octanol–water partition coefficient (Wildman–Crippen LogP) is 1.94. The van der Waals surface area contributed by atoms with E-state index in [2.05, 4.69) is 4.98 Å². The van der Waals surface area contributed by atoms with Crippen LogP contribution in [0.4, 0.5) is 0 Å². The molecule has 1 aromatic carbocycles. The fourth-order valence-corrected chi connectivity index (χ4v) is 3.44. The van der Waals surface area contributed by atoms with Gasteiger partial charge in [0, 0.05) is 52.2 Å². The lowest BCUT2D eigenvalue weighted by atomic mass is 10.2. The van der Waals surface area contributed by atoms with E-state index in [1.54, 1.807) is 47.6 Å². The molecule has 1 amide bonds. The maximum atomic E-state index is 12.7. The average molecular weight is 417 g/mol. The number of carbonyl (C=O) groups is 1. The molecule has 2 aromatic rings. The Morgan fingerprint density at radius 2 is 1.72 bits per heavy atom. The molecular formula is C21H28N4O3S. The van der Waals surface area contributed by atoms with Crippen molar-refractivity contribution >= 4 is 22.0 Å². The van der Waals surface area contributed by atoms with Gasteiger partial charge in [0.25, 0.3) is 0 Å². The molecule has 0 aliphatic carbocycles. The molecule has 1 aromatic heterocycles. The van der Waals surface area contributed by atoms with Gasteiger partial charge in [-0.1, -0.05) is 18.2 Å². The summed E-state index contributed by atoms with van der Waals surface area (Å²) < 4.78 is 25.4. The number of sulfonamides is 1. The third-order valence-electron chi connectivity index (χ3n) is 4.30. The van der Waals surface area contributed by atoms with Crippen molar-refractivity contribution in [3.63, 3.8) is 0 Å². The molecule has 0 unspecified atom stereocenters. The molecule has 0 spiro atoms. The molecule has 29 heavy (non-hydrogen) atoms. The second-order valence-corrected chi connectivity index (χ2v) is 9.27. The first-order chi connectivity index (χ1) is 13.7. The average Bonchev–Trinajstić information content (AvgIpc) is 2.70. The van der Waals surface area contributed by atoms with Crippen molar-refractivity contribution in [1.29, 1.82) is 0 Å². The summed E-state index contributed by atoms with van der Waals surface area (Å²) in [6.45, 7) is 1.81. The summed E-state index contributed by atoms with van der Waals surface area (Å²) in [7, 11) is 3.45. The van der Waals surface area contributed by atoms with Crippen LogP contribution in [0, 0.1) is 0 Å². The first-order valence-corrected chi connectivity index (χ1v) is 10.7. The van der Waals surface area contributed by atoms with Gasteiger partial charge in [0.2, 0.25) is 15.9 Å². The molecule has 1 heterocycles. The second-order valence-electron chi connectivity index (χ2n) is 7.11. The van der Waals surface area contributed by atoms with Crippen molar-refractivity contribution in [2.45, 2.75) is 11.4 Å². The molecule has 0 aliphatic rings. The Labute approximate surface area is 173 Å². The van der Waals surface area contributed by atoms with Gasteiger partial charge in [-0.15, -0.1) is 0 Å². The Balaban J connectivity index is 2.11. The Hall–Kier alpha value is -2.55. The summed E-state index contributed by atoms with van der Waals surface area (Å²) in [6, 6.07) is 10.2. The topological polar surface area (TPSA) is 73.8 Å². The van der Waals surface area contributed by atoms with Crippen LogP contribution in [0.3, 0.4) is 0 Å². The van der Waals surface area contributed by atoms with E-state index in [0.29, 0.717) is 13.1 Å². The van der Waals surface area contributed by atoms with Crippen molar-refractivity contribution in [1.82, 2.24) is 19.1 Å². The molecule has 0 saturated heterocycles. The van der Waals surface area contributed by atoms with Crippen LogP contribution < -0.4 is 0 Å². The Morgan fingerprint density at radius 1 is 1.03 bits per heavy atom. The maximum Gasteiger partial charge on any atom is 0.246 e. The monoisotopic (exact) mass is 416 g/mol. The largest absolute Gasteiger partial charge is 0.333 e. The summed E-state index contributed by atoms with van der Waals surface area (Å²) in [4.78, 5) is 20.9. The Kier molecular flexibility index (Phi) is 8.07. The smallest absolute Gasteiger partial charge is 0.246 e. The summed E-state index contributed by atoms with van der Waals surface area (Å²) >= 11 is 0. The van der Waals surface area contributed by atoms with Crippen LogP contribution in [0.25, 0.3) is 6.08 Å². The van der Waals surface area contributed by atoms with E-state index < -0.39 is 10.0 Å². The number of pyridine rings is 1. The van der Waals surface area contributed by atoms with Crippen LogP contribution >= 0.6 is 0 Å². The number of hydrogen-bond acceptors (Lipinski definition) is 5. The number of aromatic nitrogens is 1. The van der Waals surface area contributed by atoms with Crippen molar-refractivity contribution in [2.75, 3.05) is 41.3 Å². The van der Waals surface area contributed by atoms with Crippen LogP contribution in [-0.2, 0) is 21.4 Å². The van der Waals surface area contributed by atoms with E-state index in [1.165, 1.54) is 24.5 Å². The zero-order chi connectivity index (χ0) is 21.4. The molecule has 0 saturated carbocycles. The highest BCUT2D eigenvalue weighted by Crippen LogP contribution is 2.15. The highest BCUT2D eigenvalue weighted by Gasteiger charge is 2.16. The van der Waals surface area contributed by atoms with Gasteiger partial charge in [-0.05, 0) is 49.5 Å². The van der Waals surface area contributed by atoms with Gasteiger partial charge in [0.1, 0.15) is 0 Å². The van der Waals surface area contributed by atoms with Crippen molar-refractivity contribution in [3.05, 3.63) is 66.0 Å². The van der Waals surface area contributed by atoms with Crippen LogP contribution in [0.5, 0.6) is 0 Å². The first kappa shape index (κ1) is 22.7. The molecule has 8 heteroatoms. The van der Waals surface area contributed by atoms with Gasteiger partial charge in [0.05, 0.1) is 4.90 Å². The van der Waals surface area contributed by atoms with Gasteiger partial charge in [-0.2, -0.15) is 0 Å². The molecule has 0 aliphatic heterocycles. The predicted molar refractivity (Wildman–Crippen MR) is 115 cm³/mol. The third-order valence-corrected chi connectivity index (χ3v) is 6.13. The molecule has 7 nitrogen and oxygen atoms in total. The second kappa shape index (κ2) is 10.3.